The summed E-state index contributed by atoms with van der Waals surface area (Å²) >= 11 is 10.9. The van der Waals surface area contributed by atoms with Crippen molar-refractivity contribution < 1.29 is 4.79 Å². The van der Waals surface area contributed by atoms with Crippen LogP contribution < -0.4 is 0 Å². The number of benzene rings is 1. The van der Waals surface area contributed by atoms with Gasteiger partial charge in [-0.15, -0.1) is 0 Å². The van der Waals surface area contributed by atoms with Gasteiger partial charge in [0, 0.05) is 5.56 Å². The molecule has 1 aromatic heterocycles. The second kappa shape index (κ2) is 3.01. The Morgan fingerprint density at radius 3 is 2.92 bits per heavy atom. The van der Waals surface area contributed by atoms with Crippen LogP contribution in [0.1, 0.15) is 10.4 Å². The van der Waals surface area contributed by atoms with Crippen LogP contribution in [0, 0.1) is 0 Å². The summed E-state index contributed by atoms with van der Waals surface area (Å²) in [5.41, 5.74) is 1.85. The highest BCUT2D eigenvalue weighted by Crippen LogP contribution is 2.16. The predicted molar refractivity (Wildman–Crippen MR) is 51.3 cm³/mol. The SMILES string of the molecule is O=C(Cl)c1ccc2nc(Cl)[nH]c2c1. The van der Waals surface area contributed by atoms with Crippen molar-refractivity contribution >= 4 is 39.5 Å². The lowest BCUT2D eigenvalue weighted by Crippen LogP contribution is -1.87. The molecule has 0 spiro atoms. The van der Waals surface area contributed by atoms with E-state index in [2.05, 4.69) is 9.97 Å². The maximum Gasteiger partial charge on any atom is 0.252 e. The summed E-state index contributed by atoms with van der Waals surface area (Å²) in [6.07, 6.45) is 0. The molecule has 0 fully saturated rings. The van der Waals surface area contributed by atoms with Gasteiger partial charge >= 0.3 is 0 Å². The average molecular weight is 215 g/mol. The smallest absolute Gasteiger partial charge is 0.252 e. The van der Waals surface area contributed by atoms with Gasteiger partial charge in [0.1, 0.15) is 0 Å². The van der Waals surface area contributed by atoms with E-state index in [1.165, 1.54) is 0 Å². The molecule has 2 rings (SSSR count). The Morgan fingerprint density at radius 1 is 1.46 bits per heavy atom. The van der Waals surface area contributed by atoms with Crippen molar-refractivity contribution in [3.8, 4) is 0 Å². The van der Waals surface area contributed by atoms with Crippen LogP contribution in [-0.2, 0) is 0 Å². The monoisotopic (exact) mass is 214 g/mol. The van der Waals surface area contributed by atoms with Crippen LogP contribution in [0.15, 0.2) is 18.2 Å². The summed E-state index contributed by atoms with van der Waals surface area (Å²) < 4.78 is 0. The summed E-state index contributed by atoms with van der Waals surface area (Å²) in [4.78, 5) is 17.6. The minimum absolute atomic E-state index is 0.300. The Bertz CT molecular complexity index is 478. The molecule has 0 aliphatic carbocycles. The van der Waals surface area contributed by atoms with Crippen LogP contribution in [0.2, 0.25) is 5.28 Å². The zero-order chi connectivity index (χ0) is 9.42. The number of H-pyrrole nitrogens is 1. The van der Waals surface area contributed by atoms with Crippen molar-refractivity contribution in [3.63, 3.8) is 0 Å². The number of imidazole rings is 1. The van der Waals surface area contributed by atoms with Crippen LogP contribution in [0.4, 0.5) is 0 Å². The fourth-order valence-electron chi connectivity index (χ4n) is 1.10. The Hall–Kier alpha value is -1.06. The topological polar surface area (TPSA) is 45.8 Å². The third-order valence-corrected chi connectivity index (χ3v) is 2.08. The van der Waals surface area contributed by atoms with E-state index in [0.717, 1.165) is 0 Å². The maximum atomic E-state index is 10.8. The highest BCUT2D eigenvalue weighted by Gasteiger charge is 2.05. The largest absolute Gasteiger partial charge is 0.329 e. The van der Waals surface area contributed by atoms with E-state index in [-0.39, 0.29) is 0 Å². The van der Waals surface area contributed by atoms with Gasteiger partial charge < -0.3 is 4.98 Å². The summed E-state index contributed by atoms with van der Waals surface area (Å²) in [5.74, 6) is 0. The van der Waals surface area contributed by atoms with E-state index in [4.69, 9.17) is 23.2 Å². The van der Waals surface area contributed by atoms with Crippen LogP contribution in [-0.4, -0.2) is 15.2 Å². The van der Waals surface area contributed by atoms with E-state index in [0.29, 0.717) is 21.9 Å². The molecular formula is C8H4Cl2N2O. The van der Waals surface area contributed by atoms with Gasteiger partial charge in [-0.05, 0) is 41.4 Å². The molecule has 2 aromatic rings. The Balaban J connectivity index is 2.67. The quantitative estimate of drug-likeness (QED) is 0.743. The second-order valence-corrected chi connectivity index (χ2v) is 3.23. The van der Waals surface area contributed by atoms with Crippen LogP contribution in [0.25, 0.3) is 11.0 Å². The molecule has 0 amide bonds. The molecule has 0 aliphatic heterocycles. The van der Waals surface area contributed by atoms with E-state index in [1.54, 1.807) is 18.2 Å². The van der Waals surface area contributed by atoms with Crippen LogP contribution >= 0.6 is 23.2 Å². The normalized spacial score (nSPS) is 10.6. The number of hydrogen-bond donors (Lipinski definition) is 1. The number of carbonyl (C=O) groups excluding carboxylic acids is 1. The number of nitrogens with one attached hydrogen (secondary N) is 1. The van der Waals surface area contributed by atoms with E-state index >= 15 is 0 Å². The molecule has 3 nitrogen and oxygen atoms in total. The fraction of sp³-hybridized carbons (Fsp3) is 0. The number of nitrogens with zero attached hydrogens (tertiary/aromatic N) is 1. The number of aromatic nitrogens is 2. The molecule has 1 N–H and O–H groups in total. The third-order valence-electron chi connectivity index (χ3n) is 1.68. The number of hydrogen-bond acceptors (Lipinski definition) is 2. The van der Waals surface area contributed by atoms with Gasteiger partial charge in [-0.3, -0.25) is 4.79 Å². The van der Waals surface area contributed by atoms with Crippen molar-refractivity contribution in [1.29, 1.82) is 0 Å². The van der Waals surface area contributed by atoms with Crippen LogP contribution in [0.5, 0.6) is 0 Å². The molecule has 0 saturated heterocycles. The first-order chi connectivity index (χ1) is 6.16. The molecule has 0 unspecified atom stereocenters. The molecule has 1 aromatic carbocycles. The Labute approximate surface area is 83.7 Å². The van der Waals surface area contributed by atoms with E-state index in [9.17, 15) is 4.79 Å². The molecular weight excluding hydrogens is 211 g/mol. The van der Waals surface area contributed by atoms with Crippen molar-refractivity contribution in [3.05, 3.63) is 29.0 Å². The first-order valence-electron chi connectivity index (χ1n) is 3.52. The zero-order valence-electron chi connectivity index (χ0n) is 6.34. The lowest BCUT2D eigenvalue weighted by molar-refractivity contribution is 0.108. The Kier molecular flexibility index (Phi) is 1.98. The summed E-state index contributed by atoms with van der Waals surface area (Å²) in [5, 5.41) is -0.193. The summed E-state index contributed by atoms with van der Waals surface area (Å²) in [6, 6.07) is 4.91. The van der Waals surface area contributed by atoms with Gasteiger partial charge in [0.2, 0.25) is 5.28 Å². The van der Waals surface area contributed by atoms with Gasteiger partial charge in [-0.25, -0.2) is 4.98 Å². The molecule has 66 valence electrons. The summed E-state index contributed by atoms with van der Waals surface area (Å²) in [6.45, 7) is 0. The minimum atomic E-state index is -0.493. The zero-order valence-corrected chi connectivity index (χ0v) is 7.86. The van der Waals surface area contributed by atoms with Crippen molar-refractivity contribution in [2.75, 3.05) is 0 Å². The highest BCUT2D eigenvalue weighted by atomic mass is 35.5. The van der Waals surface area contributed by atoms with Gasteiger partial charge in [-0.1, -0.05) is 0 Å². The van der Waals surface area contributed by atoms with E-state index in [1.807, 2.05) is 0 Å². The predicted octanol–water partition coefficient (Wildman–Crippen LogP) is 2.60. The highest BCUT2D eigenvalue weighted by molar-refractivity contribution is 6.67. The molecule has 0 atom stereocenters. The molecule has 5 heteroatoms. The second-order valence-electron chi connectivity index (χ2n) is 2.53. The van der Waals surface area contributed by atoms with Gasteiger partial charge in [0.25, 0.3) is 5.24 Å². The molecule has 0 saturated carbocycles. The number of carbonyl (C=O) groups is 1. The van der Waals surface area contributed by atoms with E-state index < -0.39 is 5.24 Å². The van der Waals surface area contributed by atoms with Crippen molar-refractivity contribution in [1.82, 2.24) is 9.97 Å². The third kappa shape index (κ3) is 1.53. The molecule has 0 radical (unpaired) electrons. The molecule has 0 bridgehead atoms. The summed E-state index contributed by atoms with van der Waals surface area (Å²) in [7, 11) is 0. The lowest BCUT2D eigenvalue weighted by atomic mass is 10.2. The first-order valence-corrected chi connectivity index (χ1v) is 4.27. The van der Waals surface area contributed by atoms with Crippen LogP contribution in [0.3, 0.4) is 0 Å². The molecule has 13 heavy (non-hydrogen) atoms. The molecule has 0 aliphatic rings. The van der Waals surface area contributed by atoms with Crippen molar-refractivity contribution in [2.45, 2.75) is 0 Å². The number of fused-ring (bicyclic) bond motifs is 1. The number of rotatable bonds is 1. The van der Waals surface area contributed by atoms with Gasteiger partial charge in [-0.2, -0.15) is 0 Å². The molecule has 1 heterocycles. The van der Waals surface area contributed by atoms with Gasteiger partial charge in [0.15, 0.2) is 0 Å². The first kappa shape index (κ1) is 8.53. The maximum absolute atomic E-state index is 10.8. The fourth-order valence-corrected chi connectivity index (χ4v) is 1.41. The average Bonchev–Trinajstić information content (AvgIpc) is 2.42. The lowest BCUT2D eigenvalue weighted by Gasteiger charge is -1.91. The number of halogens is 2. The minimum Gasteiger partial charge on any atom is -0.329 e. The number of aromatic amines is 1. The standard InChI is InChI=1S/C8H4Cl2N2O/c9-7(13)4-1-2-5-6(3-4)12-8(10)11-5/h1-3H,(H,11,12). The Morgan fingerprint density at radius 2 is 2.23 bits per heavy atom. The van der Waals surface area contributed by atoms with Crippen molar-refractivity contribution in [2.24, 2.45) is 0 Å². The van der Waals surface area contributed by atoms with Gasteiger partial charge in [0.05, 0.1) is 11.0 Å².